The van der Waals surface area contributed by atoms with Gasteiger partial charge in [-0.1, -0.05) is 11.6 Å². The van der Waals surface area contributed by atoms with E-state index >= 15 is 0 Å². The summed E-state index contributed by atoms with van der Waals surface area (Å²) in [7, 11) is 1.76. The molecule has 100 valence electrons. The summed E-state index contributed by atoms with van der Waals surface area (Å²) in [5, 5.41) is 4.65. The molecule has 0 spiro atoms. The topological polar surface area (TPSA) is 63.6 Å². The van der Waals surface area contributed by atoms with Crippen molar-refractivity contribution in [3.63, 3.8) is 0 Å². The lowest BCUT2D eigenvalue weighted by Crippen LogP contribution is -2.00. The van der Waals surface area contributed by atoms with E-state index in [-0.39, 0.29) is 0 Å². The van der Waals surface area contributed by atoms with Crippen molar-refractivity contribution in [3.05, 3.63) is 28.2 Å². The number of aromatic nitrogens is 4. The van der Waals surface area contributed by atoms with Gasteiger partial charge < -0.3 is 5.32 Å². The summed E-state index contributed by atoms with van der Waals surface area (Å²) in [5.41, 5.74) is 3.04. The van der Waals surface area contributed by atoms with Crippen LogP contribution in [-0.2, 0) is 0 Å². The average Bonchev–Trinajstić information content (AvgIpc) is 2.38. The Morgan fingerprint density at radius 1 is 1.11 bits per heavy atom. The molecule has 0 unspecified atom stereocenters. The largest absolute Gasteiger partial charge is 0.357 e. The van der Waals surface area contributed by atoms with Crippen molar-refractivity contribution in [1.82, 2.24) is 19.9 Å². The Kier molecular flexibility index (Phi) is 4.21. The van der Waals surface area contributed by atoms with Crippen LogP contribution in [0.5, 0.6) is 0 Å². The number of hydrogen-bond acceptors (Lipinski definition) is 6. The molecule has 0 atom stereocenters. The molecule has 2 aromatic heterocycles. The lowest BCUT2D eigenvalue weighted by Gasteiger charge is -2.07. The third kappa shape index (κ3) is 3.13. The highest BCUT2D eigenvalue weighted by Crippen LogP contribution is 2.30. The van der Waals surface area contributed by atoms with Gasteiger partial charge >= 0.3 is 0 Å². The number of nitrogens with zero attached hydrogens (tertiary/aromatic N) is 4. The molecular formula is C12H14ClN5S. The van der Waals surface area contributed by atoms with Crippen molar-refractivity contribution in [2.24, 2.45) is 0 Å². The first-order valence-electron chi connectivity index (χ1n) is 5.71. The molecule has 0 amide bonds. The SMILES string of the molecule is CNc1ncc(Cl)c(Sc2nc(C)c(C)c(C)n2)n1. The molecule has 2 rings (SSSR count). The number of nitrogens with one attached hydrogen (secondary N) is 1. The Labute approximate surface area is 121 Å². The molecule has 2 aromatic rings. The van der Waals surface area contributed by atoms with Gasteiger partial charge in [-0.15, -0.1) is 0 Å². The van der Waals surface area contributed by atoms with Gasteiger partial charge in [0.15, 0.2) is 5.16 Å². The van der Waals surface area contributed by atoms with E-state index in [1.54, 1.807) is 13.2 Å². The minimum absolute atomic E-state index is 0.489. The van der Waals surface area contributed by atoms with Crippen LogP contribution in [0.25, 0.3) is 0 Å². The Morgan fingerprint density at radius 3 is 2.32 bits per heavy atom. The molecule has 5 nitrogen and oxygen atoms in total. The molecule has 0 radical (unpaired) electrons. The molecule has 0 aliphatic carbocycles. The van der Waals surface area contributed by atoms with E-state index in [0.717, 1.165) is 17.0 Å². The van der Waals surface area contributed by atoms with Gasteiger partial charge in [-0.3, -0.25) is 0 Å². The molecule has 0 aliphatic rings. The van der Waals surface area contributed by atoms with Crippen molar-refractivity contribution < 1.29 is 0 Å². The monoisotopic (exact) mass is 295 g/mol. The van der Waals surface area contributed by atoms with Gasteiger partial charge in [-0.25, -0.2) is 19.9 Å². The number of rotatable bonds is 3. The van der Waals surface area contributed by atoms with E-state index in [4.69, 9.17) is 11.6 Å². The van der Waals surface area contributed by atoms with Crippen LogP contribution in [0.4, 0.5) is 5.95 Å². The Hall–Kier alpha value is -1.40. The lowest BCUT2D eigenvalue weighted by molar-refractivity contribution is 0.877. The molecular weight excluding hydrogens is 282 g/mol. The first-order chi connectivity index (χ1) is 9.01. The zero-order valence-electron chi connectivity index (χ0n) is 11.2. The molecule has 7 heteroatoms. The van der Waals surface area contributed by atoms with Gasteiger partial charge in [-0.05, 0) is 38.1 Å². The third-order valence-electron chi connectivity index (χ3n) is 2.74. The highest BCUT2D eigenvalue weighted by Gasteiger charge is 2.11. The van der Waals surface area contributed by atoms with Crippen molar-refractivity contribution in [1.29, 1.82) is 0 Å². The second-order valence-corrected chi connectivity index (χ2v) is 5.36. The predicted molar refractivity (Wildman–Crippen MR) is 77.0 cm³/mol. The van der Waals surface area contributed by atoms with Crippen molar-refractivity contribution in [3.8, 4) is 0 Å². The van der Waals surface area contributed by atoms with E-state index in [1.807, 2.05) is 20.8 Å². The fourth-order valence-corrected chi connectivity index (χ4v) is 2.44. The summed E-state index contributed by atoms with van der Waals surface area (Å²) in [4.78, 5) is 17.2. The summed E-state index contributed by atoms with van der Waals surface area (Å²) in [6.07, 6.45) is 1.57. The fourth-order valence-electron chi connectivity index (χ4n) is 1.42. The summed E-state index contributed by atoms with van der Waals surface area (Å²) in [6, 6.07) is 0. The average molecular weight is 296 g/mol. The fraction of sp³-hybridized carbons (Fsp3) is 0.333. The number of anilines is 1. The van der Waals surface area contributed by atoms with E-state index < -0.39 is 0 Å². The van der Waals surface area contributed by atoms with Gasteiger partial charge in [0.2, 0.25) is 5.95 Å². The van der Waals surface area contributed by atoms with Gasteiger partial charge in [-0.2, -0.15) is 0 Å². The first-order valence-corrected chi connectivity index (χ1v) is 6.90. The van der Waals surface area contributed by atoms with Crippen LogP contribution in [0, 0.1) is 20.8 Å². The highest BCUT2D eigenvalue weighted by atomic mass is 35.5. The van der Waals surface area contributed by atoms with Crippen LogP contribution < -0.4 is 5.32 Å². The molecule has 0 saturated heterocycles. The van der Waals surface area contributed by atoms with E-state index in [2.05, 4.69) is 25.3 Å². The molecule has 2 heterocycles. The van der Waals surface area contributed by atoms with Gasteiger partial charge in [0, 0.05) is 18.4 Å². The first kappa shape index (κ1) is 14.0. The molecule has 19 heavy (non-hydrogen) atoms. The van der Waals surface area contributed by atoms with Crippen LogP contribution in [-0.4, -0.2) is 27.0 Å². The van der Waals surface area contributed by atoms with Crippen LogP contribution >= 0.6 is 23.4 Å². The summed E-state index contributed by atoms with van der Waals surface area (Å²) < 4.78 is 0. The lowest BCUT2D eigenvalue weighted by atomic mass is 10.2. The van der Waals surface area contributed by atoms with Crippen LogP contribution in [0.1, 0.15) is 17.0 Å². The zero-order valence-corrected chi connectivity index (χ0v) is 12.7. The van der Waals surface area contributed by atoms with Crippen molar-refractivity contribution in [2.75, 3.05) is 12.4 Å². The van der Waals surface area contributed by atoms with Gasteiger partial charge in [0.05, 0.1) is 11.2 Å². The second kappa shape index (κ2) is 5.71. The smallest absolute Gasteiger partial charge is 0.223 e. The number of aryl methyl sites for hydroxylation is 2. The van der Waals surface area contributed by atoms with E-state index in [9.17, 15) is 0 Å². The maximum atomic E-state index is 6.08. The Bertz CT molecular complexity index is 594. The van der Waals surface area contributed by atoms with Crippen LogP contribution in [0.3, 0.4) is 0 Å². The van der Waals surface area contributed by atoms with E-state index in [0.29, 0.717) is 21.2 Å². The van der Waals surface area contributed by atoms with Gasteiger partial charge in [0.25, 0.3) is 0 Å². The molecule has 0 bridgehead atoms. The summed E-state index contributed by atoms with van der Waals surface area (Å²) in [6.45, 7) is 5.94. The molecule has 1 N–H and O–H groups in total. The standard InChI is InChI=1S/C12H14ClN5S/c1-6-7(2)16-12(17-8(6)3)19-10-9(13)5-15-11(14-4)18-10/h5H,1-4H3,(H,14,15,18). The number of hydrogen-bond donors (Lipinski definition) is 1. The minimum Gasteiger partial charge on any atom is -0.357 e. The van der Waals surface area contributed by atoms with Crippen molar-refractivity contribution in [2.45, 2.75) is 31.0 Å². The quantitative estimate of drug-likeness (QED) is 0.693. The molecule has 0 aromatic carbocycles. The third-order valence-corrected chi connectivity index (χ3v) is 3.99. The molecule has 0 saturated carbocycles. The summed E-state index contributed by atoms with van der Waals surface area (Å²) in [5.74, 6) is 0.521. The minimum atomic E-state index is 0.489. The highest BCUT2D eigenvalue weighted by molar-refractivity contribution is 7.99. The number of halogens is 1. The van der Waals surface area contributed by atoms with E-state index in [1.165, 1.54) is 11.8 Å². The Morgan fingerprint density at radius 2 is 1.74 bits per heavy atom. The maximum Gasteiger partial charge on any atom is 0.223 e. The van der Waals surface area contributed by atoms with Gasteiger partial charge in [0.1, 0.15) is 5.03 Å². The van der Waals surface area contributed by atoms with Crippen LogP contribution in [0.2, 0.25) is 5.02 Å². The molecule has 0 aliphatic heterocycles. The summed E-state index contributed by atoms with van der Waals surface area (Å²) >= 11 is 7.42. The zero-order chi connectivity index (χ0) is 14.0. The maximum absolute atomic E-state index is 6.08. The van der Waals surface area contributed by atoms with Crippen molar-refractivity contribution >= 4 is 29.3 Å². The Balaban J connectivity index is 2.36. The second-order valence-electron chi connectivity index (χ2n) is 4.00. The molecule has 0 fully saturated rings. The van der Waals surface area contributed by atoms with Crippen LogP contribution in [0.15, 0.2) is 16.4 Å². The normalized spacial score (nSPS) is 10.6. The predicted octanol–water partition coefficient (Wildman–Crippen LogP) is 3.04.